The fourth-order valence-corrected chi connectivity index (χ4v) is 4.04. The highest BCUT2D eigenvalue weighted by Crippen LogP contribution is 2.34. The van der Waals surface area contributed by atoms with Crippen LogP contribution in [-0.4, -0.2) is 31.1 Å². The fourth-order valence-electron chi connectivity index (χ4n) is 3.85. The van der Waals surface area contributed by atoms with Crippen molar-refractivity contribution in [2.75, 3.05) is 20.8 Å². The van der Waals surface area contributed by atoms with Crippen molar-refractivity contribution in [2.45, 2.75) is 13.0 Å². The number of hydrogen-bond acceptors (Lipinski definition) is 2. The van der Waals surface area contributed by atoms with Crippen LogP contribution in [0.4, 0.5) is 4.39 Å². The molecule has 3 aromatic carbocycles. The highest BCUT2D eigenvalue weighted by Gasteiger charge is 2.30. The van der Waals surface area contributed by atoms with Gasteiger partial charge in [-0.2, -0.15) is 0 Å². The maximum Gasteiger partial charge on any atom is 0.215 e. The molecular formula is C24H22Cl2FNO2. The van der Waals surface area contributed by atoms with Gasteiger partial charge in [-0.1, -0.05) is 29.8 Å². The molecule has 0 radical (unpaired) electrons. The molecule has 0 bridgehead atoms. The highest BCUT2D eigenvalue weighted by molar-refractivity contribution is 6.31. The van der Waals surface area contributed by atoms with Gasteiger partial charge in [-0.05, 0) is 48.0 Å². The lowest BCUT2D eigenvalue weighted by Gasteiger charge is -2.21. The minimum Gasteiger partial charge on any atom is -1.00 e. The van der Waals surface area contributed by atoms with Gasteiger partial charge in [0.25, 0.3) is 0 Å². The van der Waals surface area contributed by atoms with E-state index < -0.39 is 0 Å². The van der Waals surface area contributed by atoms with Crippen LogP contribution in [0.1, 0.15) is 22.3 Å². The summed E-state index contributed by atoms with van der Waals surface area (Å²) in [6, 6.07) is 18.7. The van der Waals surface area contributed by atoms with Crippen LogP contribution < -0.4 is 21.9 Å². The van der Waals surface area contributed by atoms with E-state index in [0.717, 1.165) is 29.8 Å². The van der Waals surface area contributed by atoms with Gasteiger partial charge in [-0.3, -0.25) is 0 Å². The van der Waals surface area contributed by atoms with Gasteiger partial charge in [0.1, 0.15) is 12.4 Å². The molecule has 3 nitrogen and oxygen atoms in total. The van der Waals surface area contributed by atoms with E-state index in [1.165, 1.54) is 11.6 Å². The minimum atomic E-state index is -0.198. The van der Waals surface area contributed by atoms with Crippen LogP contribution in [0.3, 0.4) is 0 Å². The summed E-state index contributed by atoms with van der Waals surface area (Å²) < 4.78 is 27.6. The second-order valence-electron chi connectivity index (χ2n) is 6.99. The van der Waals surface area contributed by atoms with Crippen molar-refractivity contribution in [3.8, 4) is 11.5 Å². The Kier molecular flexibility index (Phi) is 7.01. The van der Waals surface area contributed by atoms with Gasteiger partial charge in [-0.15, -0.1) is 0 Å². The predicted molar refractivity (Wildman–Crippen MR) is 113 cm³/mol. The van der Waals surface area contributed by atoms with E-state index in [1.54, 1.807) is 20.3 Å². The SMILES string of the molecule is COc1cc2c(cc1OC)C(c1cccc(Cl)c1)=[N+](Cc1ccccc1F)CC2.[Cl-]. The molecule has 156 valence electrons. The Morgan fingerprint density at radius 3 is 2.40 bits per heavy atom. The van der Waals surface area contributed by atoms with Gasteiger partial charge in [0.2, 0.25) is 5.71 Å². The van der Waals surface area contributed by atoms with Gasteiger partial charge < -0.3 is 21.9 Å². The third kappa shape index (κ3) is 4.30. The molecule has 0 fully saturated rings. The lowest BCUT2D eigenvalue weighted by Crippen LogP contribution is -3.00. The van der Waals surface area contributed by atoms with Crippen LogP contribution in [0.2, 0.25) is 5.02 Å². The van der Waals surface area contributed by atoms with Gasteiger partial charge in [-0.25, -0.2) is 8.97 Å². The molecule has 30 heavy (non-hydrogen) atoms. The number of benzene rings is 3. The first-order chi connectivity index (χ1) is 14.1. The van der Waals surface area contributed by atoms with Crippen LogP contribution >= 0.6 is 11.6 Å². The fraction of sp³-hybridized carbons (Fsp3) is 0.208. The van der Waals surface area contributed by atoms with E-state index in [9.17, 15) is 4.39 Å². The van der Waals surface area contributed by atoms with E-state index in [-0.39, 0.29) is 18.2 Å². The normalized spacial score (nSPS) is 12.8. The summed E-state index contributed by atoms with van der Waals surface area (Å²) in [5.41, 5.74) is 4.88. The molecule has 0 saturated heterocycles. The molecule has 1 aliphatic heterocycles. The topological polar surface area (TPSA) is 21.5 Å². The molecule has 0 N–H and O–H groups in total. The summed E-state index contributed by atoms with van der Waals surface area (Å²) in [4.78, 5) is 0. The largest absolute Gasteiger partial charge is 1.00 e. The first kappa shape index (κ1) is 22.1. The second kappa shape index (κ2) is 9.50. The Balaban J connectivity index is 0.00000256. The number of hydrogen-bond donors (Lipinski definition) is 0. The number of fused-ring (bicyclic) bond motifs is 1. The Labute approximate surface area is 187 Å². The zero-order valence-electron chi connectivity index (χ0n) is 16.8. The number of methoxy groups -OCH3 is 2. The molecule has 1 aliphatic rings. The summed E-state index contributed by atoms with van der Waals surface area (Å²) in [6.07, 6.45) is 0.828. The van der Waals surface area contributed by atoms with E-state index in [0.29, 0.717) is 28.6 Å². The lowest BCUT2D eigenvalue weighted by atomic mass is 9.91. The number of halogens is 3. The number of nitrogens with zero attached hydrogens (tertiary/aromatic N) is 1. The van der Waals surface area contributed by atoms with Gasteiger partial charge in [0, 0.05) is 17.0 Å². The monoisotopic (exact) mass is 445 g/mol. The first-order valence-electron chi connectivity index (χ1n) is 9.47. The Morgan fingerprint density at radius 1 is 0.967 bits per heavy atom. The molecule has 6 heteroatoms. The van der Waals surface area contributed by atoms with E-state index >= 15 is 0 Å². The Hall–Kier alpha value is -2.56. The molecular weight excluding hydrogens is 424 g/mol. The zero-order valence-corrected chi connectivity index (χ0v) is 18.3. The summed E-state index contributed by atoms with van der Waals surface area (Å²) in [5, 5.41) is 0.661. The van der Waals surface area contributed by atoms with Crippen LogP contribution in [0.5, 0.6) is 11.5 Å². The minimum absolute atomic E-state index is 0. The molecule has 4 rings (SSSR count). The Bertz CT molecular complexity index is 1100. The van der Waals surface area contributed by atoms with Gasteiger partial charge in [0.15, 0.2) is 18.0 Å². The van der Waals surface area contributed by atoms with E-state index in [2.05, 4.69) is 4.58 Å². The van der Waals surface area contributed by atoms with E-state index in [1.807, 2.05) is 48.5 Å². The maximum atomic E-state index is 14.4. The second-order valence-corrected chi connectivity index (χ2v) is 7.42. The van der Waals surface area contributed by atoms with Crippen molar-refractivity contribution in [1.29, 1.82) is 0 Å². The van der Waals surface area contributed by atoms with Crippen LogP contribution in [0, 0.1) is 5.82 Å². The van der Waals surface area contributed by atoms with Crippen molar-refractivity contribution in [3.63, 3.8) is 0 Å². The van der Waals surface area contributed by atoms with Crippen molar-refractivity contribution in [1.82, 2.24) is 0 Å². The predicted octanol–water partition coefficient (Wildman–Crippen LogP) is 2.11. The van der Waals surface area contributed by atoms with Crippen LogP contribution in [0.15, 0.2) is 60.7 Å². The Morgan fingerprint density at radius 2 is 1.70 bits per heavy atom. The van der Waals surface area contributed by atoms with Crippen molar-refractivity contribution >= 4 is 17.3 Å². The summed E-state index contributed by atoms with van der Waals surface area (Å²) in [5.74, 6) is 1.17. The lowest BCUT2D eigenvalue weighted by molar-refractivity contribution is -0.544. The molecule has 0 aromatic heterocycles. The van der Waals surface area contributed by atoms with Crippen molar-refractivity contribution < 1.29 is 30.8 Å². The highest BCUT2D eigenvalue weighted by atomic mass is 35.5. The number of rotatable bonds is 5. The summed E-state index contributed by atoms with van der Waals surface area (Å²) in [7, 11) is 3.27. The molecule has 3 aromatic rings. The van der Waals surface area contributed by atoms with Crippen LogP contribution in [-0.2, 0) is 13.0 Å². The molecule has 0 amide bonds. The number of ether oxygens (including phenoxy) is 2. The van der Waals surface area contributed by atoms with E-state index in [4.69, 9.17) is 21.1 Å². The average molecular weight is 446 g/mol. The quantitative estimate of drug-likeness (QED) is 0.560. The molecule has 0 saturated carbocycles. The van der Waals surface area contributed by atoms with Crippen molar-refractivity contribution in [3.05, 3.63) is 93.8 Å². The first-order valence-corrected chi connectivity index (χ1v) is 9.85. The third-order valence-electron chi connectivity index (χ3n) is 5.25. The van der Waals surface area contributed by atoms with Gasteiger partial charge >= 0.3 is 0 Å². The van der Waals surface area contributed by atoms with Gasteiger partial charge in [0.05, 0.1) is 25.3 Å². The average Bonchev–Trinajstić information content (AvgIpc) is 2.74. The third-order valence-corrected chi connectivity index (χ3v) is 5.48. The summed E-state index contributed by atoms with van der Waals surface area (Å²) in [6.45, 7) is 1.24. The standard InChI is InChI=1S/C24H22ClFNO2.ClH/c1-28-22-13-16-10-11-27(15-18-6-3-4-9-21(18)26)24(20(16)14-23(22)29-2)17-7-5-8-19(25)12-17;/h3-9,12-14H,10-11,15H2,1-2H3;1H/q+1;/p-1. The van der Waals surface area contributed by atoms with Crippen molar-refractivity contribution in [2.24, 2.45) is 0 Å². The smallest absolute Gasteiger partial charge is 0.215 e. The molecule has 1 heterocycles. The molecule has 0 unspecified atom stereocenters. The summed E-state index contributed by atoms with van der Waals surface area (Å²) >= 11 is 6.29. The maximum absolute atomic E-state index is 14.4. The molecule has 0 aliphatic carbocycles. The molecule has 0 atom stereocenters. The van der Waals surface area contributed by atoms with Crippen LogP contribution in [0.25, 0.3) is 0 Å². The molecule has 0 spiro atoms. The zero-order chi connectivity index (χ0) is 20.4.